The second-order valence-electron chi connectivity index (χ2n) is 13.4. The van der Waals surface area contributed by atoms with Crippen LogP contribution in [0.15, 0.2) is 40.8 Å². The Morgan fingerprint density at radius 2 is 1.79 bits per heavy atom. The molecule has 0 heterocycles. The van der Waals surface area contributed by atoms with Crippen LogP contribution in [0.2, 0.25) is 0 Å². The van der Waals surface area contributed by atoms with Crippen molar-refractivity contribution in [2.75, 3.05) is 13.2 Å². The maximum atomic E-state index is 14.2. The van der Waals surface area contributed by atoms with Crippen LogP contribution >= 0.6 is 0 Å². The summed E-state index contributed by atoms with van der Waals surface area (Å²) in [7, 11) is -4.25. The molecule has 5 rings (SSSR count). The average Bonchev–Trinajstić information content (AvgIpc) is 3.24. The number of aryl methyl sites for hydroxylation is 1. The molecule has 3 fully saturated rings. The van der Waals surface area contributed by atoms with Gasteiger partial charge in [-0.05, 0) is 93.2 Å². The summed E-state index contributed by atoms with van der Waals surface area (Å²) in [6.07, 6.45) is 4.96. The van der Waals surface area contributed by atoms with Crippen molar-refractivity contribution in [1.82, 2.24) is 0 Å². The number of rotatable bonds is 9. The summed E-state index contributed by atoms with van der Waals surface area (Å²) in [6, 6.07) is 6.13. The number of aliphatic hydroxyl groups excluding tert-OH is 1. The first-order chi connectivity index (χ1) is 20.3. The molecule has 0 saturated heterocycles. The molecular weight excluding hydrogens is 572 g/mol. The van der Waals surface area contributed by atoms with Gasteiger partial charge in [-0.1, -0.05) is 50.5 Å². The summed E-state index contributed by atoms with van der Waals surface area (Å²) in [5.41, 5.74) is -1.05. The Kier molecular flexibility index (Phi) is 8.70. The van der Waals surface area contributed by atoms with E-state index in [-0.39, 0.29) is 53.3 Å². The topological polar surface area (TPSA) is 133 Å². The molecule has 9 nitrogen and oxygen atoms in total. The molecule has 3 saturated carbocycles. The number of hydrogen-bond acceptors (Lipinski definition) is 9. The molecule has 7 atom stereocenters. The van der Waals surface area contributed by atoms with Gasteiger partial charge in [0.2, 0.25) is 5.78 Å². The van der Waals surface area contributed by atoms with Gasteiger partial charge in [0, 0.05) is 11.8 Å². The van der Waals surface area contributed by atoms with Crippen molar-refractivity contribution in [2.24, 2.45) is 28.6 Å². The highest BCUT2D eigenvalue weighted by molar-refractivity contribution is 7.86. The van der Waals surface area contributed by atoms with Gasteiger partial charge < -0.3 is 14.6 Å². The normalized spacial score (nSPS) is 35.3. The number of carbonyl (C=O) groups excluding carboxylic acids is 3. The van der Waals surface area contributed by atoms with Crippen LogP contribution < -0.4 is 0 Å². The van der Waals surface area contributed by atoms with Crippen molar-refractivity contribution in [3.8, 4) is 0 Å². The fourth-order valence-electron chi connectivity index (χ4n) is 8.85. The highest BCUT2D eigenvalue weighted by atomic mass is 32.2. The first-order valence-corrected chi connectivity index (χ1v) is 17.0. The smallest absolute Gasteiger partial charge is 0.434 e. The molecule has 0 spiro atoms. The number of ketones is 2. The lowest BCUT2D eigenvalue weighted by Crippen LogP contribution is -2.63. The van der Waals surface area contributed by atoms with E-state index >= 15 is 0 Å². The molecule has 10 heteroatoms. The minimum absolute atomic E-state index is 0.0377. The Labute approximate surface area is 254 Å². The maximum absolute atomic E-state index is 14.2. The summed E-state index contributed by atoms with van der Waals surface area (Å²) in [5, 5.41) is 11.8. The van der Waals surface area contributed by atoms with Gasteiger partial charge in [-0.25, -0.2) is 4.79 Å². The summed E-state index contributed by atoms with van der Waals surface area (Å²) >= 11 is 0. The molecule has 43 heavy (non-hydrogen) atoms. The van der Waals surface area contributed by atoms with Crippen molar-refractivity contribution in [1.29, 1.82) is 0 Å². The van der Waals surface area contributed by atoms with E-state index < -0.39 is 45.8 Å². The number of fused-ring (bicyclic) bond motifs is 5. The van der Waals surface area contributed by atoms with Crippen molar-refractivity contribution in [3.05, 3.63) is 41.5 Å². The Balaban J connectivity index is 1.46. The van der Waals surface area contributed by atoms with E-state index in [0.29, 0.717) is 25.7 Å². The number of hydrogen-bond donors (Lipinski definition) is 1. The summed E-state index contributed by atoms with van der Waals surface area (Å²) in [4.78, 5) is 39.4. The van der Waals surface area contributed by atoms with Gasteiger partial charge in [-0.2, -0.15) is 8.42 Å². The van der Waals surface area contributed by atoms with Crippen molar-refractivity contribution >= 4 is 27.8 Å². The average molecular weight is 617 g/mol. The van der Waals surface area contributed by atoms with Crippen LogP contribution in [0.25, 0.3) is 0 Å². The molecule has 1 aromatic carbocycles. The summed E-state index contributed by atoms with van der Waals surface area (Å²) in [5.74, 6) is -0.660. The zero-order valence-corrected chi connectivity index (χ0v) is 26.4. The molecule has 1 aromatic rings. The Bertz CT molecular complexity index is 1400. The first-order valence-electron chi connectivity index (χ1n) is 15.5. The Morgan fingerprint density at radius 3 is 2.49 bits per heavy atom. The third kappa shape index (κ3) is 5.48. The van der Waals surface area contributed by atoms with Gasteiger partial charge in [0.25, 0.3) is 10.1 Å². The summed E-state index contributed by atoms with van der Waals surface area (Å²) in [6.45, 7) is 7.15. The Morgan fingerprint density at radius 1 is 1.07 bits per heavy atom. The fraction of sp³-hybridized carbons (Fsp3) is 0.667. The number of ether oxygens (including phenoxy) is 2. The number of Topliss-reactive ketones (excluding diaryl/α,β-unsaturated/α-hetero) is 1. The molecule has 0 amide bonds. The molecule has 0 aliphatic heterocycles. The number of benzene rings is 1. The van der Waals surface area contributed by atoms with Gasteiger partial charge in [0.05, 0.1) is 17.6 Å². The molecule has 0 unspecified atom stereocenters. The predicted molar refractivity (Wildman–Crippen MR) is 157 cm³/mol. The van der Waals surface area contributed by atoms with E-state index in [9.17, 15) is 27.9 Å². The zero-order chi connectivity index (χ0) is 31.2. The lowest BCUT2D eigenvalue weighted by Gasteiger charge is -2.60. The molecule has 236 valence electrons. The van der Waals surface area contributed by atoms with Crippen LogP contribution in [0.4, 0.5) is 4.79 Å². The SMILES string of the molecule is CCCCOC(=O)O[C@]1(C(=O)COS(=O)(=O)c2ccc(C)cc2)CC[C@H]2[C@@H]3CCC4=CC(=O)CC[C@]4(C)[C@H]3[C@@H](O)C[C@@]21C. The Hall–Kier alpha value is -2.56. The first kappa shape index (κ1) is 31.9. The van der Waals surface area contributed by atoms with Gasteiger partial charge in [0.1, 0.15) is 6.61 Å². The number of carbonyl (C=O) groups is 3. The van der Waals surface area contributed by atoms with Crippen LogP contribution in [0, 0.1) is 35.5 Å². The van der Waals surface area contributed by atoms with Crippen molar-refractivity contribution < 1.29 is 41.6 Å². The molecule has 4 aliphatic carbocycles. The van der Waals surface area contributed by atoms with Gasteiger partial charge >= 0.3 is 6.16 Å². The van der Waals surface area contributed by atoms with Crippen LogP contribution in [0.5, 0.6) is 0 Å². The van der Waals surface area contributed by atoms with E-state index in [2.05, 4.69) is 6.92 Å². The monoisotopic (exact) mass is 616 g/mol. The quantitative estimate of drug-likeness (QED) is 0.218. The fourth-order valence-corrected chi connectivity index (χ4v) is 9.72. The van der Waals surface area contributed by atoms with Crippen molar-refractivity contribution in [2.45, 2.75) is 102 Å². The maximum Gasteiger partial charge on any atom is 0.509 e. The van der Waals surface area contributed by atoms with Gasteiger partial charge in [0.15, 0.2) is 11.4 Å². The van der Waals surface area contributed by atoms with Gasteiger partial charge in [-0.15, -0.1) is 0 Å². The van der Waals surface area contributed by atoms with Gasteiger partial charge in [-0.3, -0.25) is 13.8 Å². The standard InChI is InChI=1S/C33H44O9S/c1-5-6-17-40-30(37)42-33(28(36)20-41-43(38,39)24-10-7-21(2)8-11-24)16-14-26-25-12-9-22-18-23(34)13-15-31(22,3)29(25)27(35)19-32(26,33)4/h7-8,10-11,18,25-27,29,35H,5-6,9,12-17,19-20H2,1-4H3/t25-,26-,27-,29+,31-,32-,33-/m0/s1. The highest BCUT2D eigenvalue weighted by Crippen LogP contribution is 2.68. The molecule has 0 bridgehead atoms. The van der Waals surface area contributed by atoms with E-state index in [1.807, 2.05) is 20.8 Å². The predicted octanol–water partition coefficient (Wildman–Crippen LogP) is 5.46. The summed E-state index contributed by atoms with van der Waals surface area (Å²) < 4.78 is 42.6. The largest absolute Gasteiger partial charge is 0.509 e. The third-order valence-electron chi connectivity index (χ3n) is 11.1. The molecule has 0 radical (unpaired) electrons. The number of allylic oxidation sites excluding steroid dienone is 1. The second-order valence-corrected chi connectivity index (χ2v) is 15.1. The van der Waals surface area contributed by atoms with Crippen molar-refractivity contribution in [3.63, 3.8) is 0 Å². The minimum Gasteiger partial charge on any atom is -0.434 e. The molecule has 4 aliphatic rings. The van der Waals surface area contributed by atoms with Crippen LogP contribution in [0.1, 0.15) is 84.1 Å². The third-order valence-corrected chi connectivity index (χ3v) is 12.4. The van der Waals surface area contributed by atoms with Crippen LogP contribution in [-0.4, -0.2) is 56.2 Å². The lowest BCUT2D eigenvalue weighted by molar-refractivity contribution is -0.186. The molecule has 0 aromatic heterocycles. The van der Waals surface area contributed by atoms with Crippen LogP contribution in [0.3, 0.4) is 0 Å². The van der Waals surface area contributed by atoms with Crippen LogP contribution in [-0.2, 0) is 33.4 Å². The van der Waals surface area contributed by atoms with E-state index in [4.69, 9.17) is 13.7 Å². The second kappa shape index (κ2) is 11.7. The molecular formula is C33H44O9S. The van der Waals surface area contributed by atoms with E-state index in [0.717, 1.165) is 30.4 Å². The number of aliphatic hydroxyl groups is 1. The highest BCUT2D eigenvalue weighted by Gasteiger charge is 2.70. The van der Waals surface area contributed by atoms with E-state index in [1.54, 1.807) is 18.2 Å². The lowest BCUT2D eigenvalue weighted by atomic mass is 9.45. The minimum atomic E-state index is -4.25. The number of unbranched alkanes of at least 4 members (excludes halogenated alkanes) is 1. The van der Waals surface area contributed by atoms with E-state index in [1.165, 1.54) is 12.1 Å². The zero-order valence-electron chi connectivity index (χ0n) is 25.6. The molecule has 1 N–H and O–H groups in total.